The van der Waals surface area contributed by atoms with Gasteiger partial charge in [0.05, 0.1) is 7.11 Å². The predicted molar refractivity (Wildman–Crippen MR) is 120 cm³/mol. The quantitative estimate of drug-likeness (QED) is 0.431. The average Bonchev–Trinajstić information content (AvgIpc) is 2.82. The van der Waals surface area contributed by atoms with E-state index in [1.54, 1.807) is 23.1 Å². The second-order valence-corrected chi connectivity index (χ2v) is 7.76. The normalized spacial score (nSPS) is 13.8. The number of benzene rings is 2. The number of methoxy groups -OCH3 is 1. The van der Waals surface area contributed by atoms with Crippen molar-refractivity contribution < 1.29 is 28.6 Å². The molecule has 2 aromatic rings. The van der Waals surface area contributed by atoms with Gasteiger partial charge >= 0.3 is 5.97 Å². The van der Waals surface area contributed by atoms with Crippen molar-refractivity contribution in [2.75, 3.05) is 25.2 Å². The molecule has 1 amide bonds. The van der Waals surface area contributed by atoms with Crippen molar-refractivity contribution in [3.8, 4) is 11.5 Å². The molecule has 0 unspecified atom stereocenters. The molecule has 0 N–H and O–H groups in total. The van der Waals surface area contributed by atoms with Crippen molar-refractivity contribution in [1.82, 2.24) is 0 Å². The molecule has 7 heteroatoms. The Morgan fingerprint density at radius 3 is 2.31 bits per heavy atom. The fourth-order valence-corrected chi connectivity index (χ4v) is 3.88. The lowest BCUT2D eigenvalue weighted by molar-refractivity contribution is -0.150. The van der Waals surface area contributed by atoms with Gasteiger partial charge in [-0.05, 0) is 50.1 Å². The van der Waals surface area contributed by atoms with Crippen molar-refractivity contribution in [2.45, 2.75) is 45.1 Å². The summed E-state index contributed by atoms with van der Waals surface area (Å²) in [6.45, 7) is 0.724. The Morgan fingerprint density at radius 1 is 0.938 bits per heavy atom. The number of hydrogen-bond acceptors (Lipinski definition) is 6. The molecule has 7 nitrogen and oxygen atoms in total. The van der Waals surface area contributed by atoms with Crippen molar-refractivity contribution in [1.29, 1.82) is 0 Å². The van der Waals surface area contributed by atoms with E-state index in [2.05, 4.69) is 0 Å². The molecule has 170 valence electrons. The first kappa shape index (κ1) is 23.3. The van der Waals surface area contributed by atoms with Gasteiger partial charge in [-0.2, -0.15) is 0 Å². The lowest BCUT2D eigenvalue weighted by Crippen LogP contribution is -2.44. The second-order valence-electron chi connectivity index (χ2n) is 7.76. The summed E-state index contributed by atoms with van der Waals surface area (Å²) in [4.78, 5) is 38.5. The Balaban J connectivity index is 1.58. The van der Waals surface area contributed by atoms with Crippen molar-refractivity contribution in [3.05, 3.63) is 54.1 Å². The van der Waals surface area contributed by atoms with Crippen LogP contribution in [0.4, 0.5) is 5.69 Å². The standard InChI is InChI=1S/C25H29NO6/c1-18(27)19-13-14-22(23(15-19)30-2)31-17-25(29)32-16-24(28)26(20-9-5-3-6-10-20)21-11-7-4-8-12-21/h3,5-6,9-10,13-15,21H,4,7-8,11-12,16-17H2,1-2H3. The highest BCUT2D eigenvalue weighted by molar-refractivity contribution is 5.96. The Labute approximate surface area is 188 Å². The zero-order chi connectivity index (χ0) is 22.9. The first-order valence-corrected chi connectivity index (χ1v) is 10.8. The Morgan fingerprint density at radius 2 is 1.66 bits per heavy atom. The number of Topliss-reactive ketones (excluding diaryl/α,β-unsaturated/α-hetero) is 1. The first-order chi connectivity index (χ1) is 15.5. The number of anilines is 1. The van der Waals surface area contributed by atoms with Gasteiger partial charge < -0.3 is 19.1 Å². The second kappa shape index (κ2) is 11.3. The third kappa shape index (κ3) is 6.09. The van der Waals surface area contributed by atoms with Crippen LogP contribution in [0.3, 0.4) is 0 Å². The molecule has 3 rings (SSSR count). The summed E-state index contributed by atoms with van der Waals surface area (Å²) in [5.41, 5.74) is 1.29. The minimum atomic E-state index is -0.660. The number of carbonyl (C=O) groups excluding carboxylic acids is 3. The van der Waals surface area contributed by atoms with Gasteiger partial charge in [0.2, 0.25) is 0 Å². The number of nitrogens with zero attached hydrogens (tertiary/aromatic N) is 1. The molecule has 0 heterocycles. The van der Waals surface area contributed by atoms with Crippen LogP contribution in [0, 0.1) is 0 Å². The molecule has 1 aliphatic rings. The molecule has 1 fully saturated rings. The molecule has 0 spiro atoms. The number of para-hydroxylation sites is 1. The van der Waals surface area contributed by atoms with E-state index >= 15 is 0 Å². The van der Waals surface area contributed by atoms with Gasteiger partial charge in [-0.25, -0.2) is 4.79 Å². The number of amides is 1. The van der Waals surface area contributed by atoms with Gasteiger partial charge in [-0.15, -0.1) is 0 Å². The van der Waals surface area contributed by atoms with E-state index in [1.165, 1.54) is 20.5 Å². The van der Waals surface area contributed by atoms with E-state index < -0.39 is 5.97 Å². The molecule has 0 aliphatic heterocycles. The van der Waals surface area contributed by atoms with Crippen LogP contribution in [0.1, 0.15) is 49.4 Å². The molecule has 2 aromatic carbocycles. The predicted octanol–water partition coefficient (Wildman–Crippen LogP) is 4.19. The maximum absolute atomic E-state index is 13.0. The summed E-state index contributed by atoms with van der Waals surface area (Å²) in [6.07, 6.45) is 5.22. The topological polar surface area (TPSA) is 82.1 Å². The fourth-order valence-electron chi connectivity index (χ4n) is 3.88. The summed E-state index contributed by atoms with van der Waals surface area (Å²) in [7, 11) is 1.45. The number of ether oxygens (including phenoxy) is 3. The highest BCUT2D eigenvalue weighted by Gasteiger charge is 2.27. The molecule has 1 saturated carbocycles. The number of carbonyl (C=O) groups is 3. The first-order valence-electron chi connectivity index (χ1n) is 10.8. The van der Waals surface area contributed by atoms with Gasteiger partial charge in [-0.1, -0.05) is 37.5 Å². The van der Waals surface area contributed by atoms with Crippen LogP contribution in [0.2, 0.25) is 0 Å². The molecule has 1 aliphatic carbocycles. The van der Waals surface area contributed by atoms with Crippen LogP contribution in [0.15, 0.2) is 48.5 Å². The third-order valence-corrected chi connectivity index (χ3v) is 5.52. The smallest absolute Gasteiger partial charge is 0.344 e. The molecule has 0 atom stereocenters. The van der Waals surface area contributed by atoms with E-state index in [-0.39, 0.29) is 30.9 Å². The van der Waals surface area contributed by atoms with Crippen molar-refractivity contribution in [2.24, 2.45) is 0 Å². The van der Waals surface area contributed by atoms with Crippen LogP contribution in [-0.4, -0.2) is 44.0 Å². The number of hydrogen-bond donors (Lipinski definition) is 0. The summed E-state index contributed by atoms with van der Waals surface area (Å²) in [5.74, 6) is -0.357. The van der Waals surface area contributed by atoms with Gasteiger partial charge in [0.15, 0.2) is 30.5 Å². The fraction of sp³-hybridized carbons (Fsp3) is 0.400. The zero-order valence-electron chi connectivity index (χ0n) is 18.5. The lowest BCUT2D eigenvalue weighted by atomic mass is 9.93. The van der Waals surface area contributed by atoms with Crippen LogP contribution in [0.5, 0.6) is 11.5 Å². The molecule has 32 heavy (non-hydrogen) atoms. The SMILES string of the molecule is COc1cc(C(C)=O)ccc1OCC(=O)OCC(=O)N(c1ccccc1)C1CCCCC1. The van der Waals surface area contributed by atoms with E-state index in [0.717, 1.165) is 31.4 Å². The van der Waals surface area contributed by atoms with Crippen molar-refractivity contribution in [3.63, 3.8) is 0 Å². The van der Waals surface area contributed by atoms with E-state index in [0.29, 0.717) is 17.1 Å². The Kier molecular flexibility index (Phi) is 8.25. The van der Waals surface area contributed by atoms with Crippen LogP contribution in [-0.2, 0) is 14.3 Å². The highest BCUT2D eigenvalue weighted by atomic mass is 16.6. The van der Waals surface area contributed by atoms with E-state index in [9.17, 15) is 14.4 Å². The summed E-state index contributed by atoms with van der Waals surface area (Å²) in [6, 6.07) is 14.3. The molecular weight excluding hydrogens is 410 g/mol. The zero-order valence-corrected chi connectivity index (χ0v) is 18.5. The summed E-state index contributed by atoms with van der Waals surface area (Å²) < 4.78 is 15.9. The maximum atomic E-state index is 13.0. The Bertz CT molecular complexity index is 937. The summed E-state index contributed by atoms with van der Waals surface area (Å²) in [5, 5.41) is 0. The molecule has 0 aromatic heterocycles. The minimum Gasteiger partial charge on any atom is -0.493 e. The molecule has 0 bridgehead atoms. The third-order valence-electron chi connectivity index (χ3n) is 5.52. The lowest BCUT2D eigenvalue weighted by Gasteiger charge is -2.34. The van der Waals surface area contributed by atoms with Crippen LogP contribution in [0.25, 0.3) is 0 Å². The largest absolute Gasteiger partial charge is 0.493 e. The van der Waals surface area contributed by atoms with Crippen LogP contribution < -0.4 is 14.4 Å². The van der Waals surface area contributed by atoms with Crippen LogP contribution >= 0.6 is 0 Å². The maximum Gasteiger partial charge on any atom is 0.344 e. The molecular formula is C25H29NO6. The number of esters is 1. The van der Waals surface area contributed by atoms with Gasteiger partial charge in [0.1, 0.15) is 0 Å². The minimum absolute atomic E-state index is 0.103. The monoisotopic (exact) mass is 439 g/mol. The van der Waals surface area contributed by atoms with E-state index in [1.807, 2.05) is 30.3 Å². The summed E-state index contributed by atoms with van der Waals surface area (Å²) >= 11 is 0. The van der Waals surface area contributed by atoms with Gasteiger partial charge in [-0.3, -0.25) is 9.59 Å². The highest BCUT2D eigenvalue weighted by Crippen LogP contribution is 2.29. The van der Waals surface area contributed by atoms with Gasteiger partial charge in [0.25, 0.3) is 5.91 Å². The molecule has 0 saturated heterocycles. The molecule has 0 radical (unpaired) electrons. The van der Waals surface area contributed by atoms with Crippen molar-refractivity contribution >= 4 is 23.3 Å². The van der Waals surface area contributed by atoms with E-state index in [4.69, 9.17) is 14.2 Å². The Hall–Kier alpha value is -3.35. The van der Waals surface area contributed by atoms with Gasteiger partial charge in [0, 0.05) is 17.3 Å². The average molecular weight is 440 g/mol. The number of ketones is 1. The number of rotatable bonds is 9.